The van der Waals surface area contributed by atoms with E-state index in [9.17, 15) is 0 Å². The molecule has 1 heteroatoms. The maximum Gasteiger partial charge on any atom is 0.124 e. The number of terminal acetylenes is 1. The molecule has 1 N–H and O–H groups in total. The molecule has 0 aliphatic heterocycles. The van der Waals surface area contributed by atoms with E-state index in [0.29, 0.717) is 0 Å². The van der Waals surface area contributed by atoms with Gasteiger partial charge in [-0.05, 0) is 0 Å². The SMILES string of the molecule is [2H]C#CC([2H])([2H])O. The summed E-state index contributed by atoms with van der Waals surface area (Å²) in [4.78, 5) is 0. The van der Waals surface area contributed by atoms with Crippen molar-refractivity contribution in [2.24, 2.45) is 0 Å². The number of hydrogen-bond acceptors (Lipinski definition) is 1. The molecule has 0 aromatic heterocycles. The lowest BCUT2D eigenvalue weighted by atomic mass is 10.8. The second kappa shape index (κ2) is 2.52. The summed E-state index contributed by atoms with van der Waals surface area (Å²) in [7, 11) is 0. The van der Waals surface area contributed by atoms with Crippen LogP contribution in [0.1, 0.15) is 4.11 Å². The first-order valence-electron chi connectivity index (χ1n) is 2.22. The van der Waals surface area contributed by atoms with Crippen molar-refractivity contribution in [3.63, 3.8) is 0 Å². The molecule has 1 nitrogen and oxygen atoms in total. The van der Waals surface area contributed by atoms with E-state index in [1.54, 1.807) is 5.92 Å². The summed E-state index contributed by atoms with van der Waals surface area (Å²) in [6, 6.07) is 0. The van der Waals surface area contributed by atoms with Gasteiger partial charge in [-0.3, -0.25) is 0 Å². The first-order valence-corrected chi connectivity index (χ1v) is 0.724. The molecule has 0 atom stereocenters. The van der Waals surface area contributed by atoms with Crippen LogP contribution in [0.2, 0.25) is 0 Å². The molecule has 0 aliphatic carbocycles. The fraction of sp³-hybridized carbons (Fsp3) is 0.333. The van der Waals surface area contributed by atoms with Gasteiger partial charge in [0.1, 0.15) is 7.93 Å². The van der Waals surface area contributed by atoms with Crippen molar-refractivity contribution in [3.05, 3.63) is 0 Å². The molecule has 22 valence electrons. The number of hydrogen-bond donors (Lipinski definition) is 1. The molecular weight excluding hydrogens is 52.0 g/mol. The summed E-state index contributed by atoms with van der Waals surface area (Å²) in [6.07, 6.45) is 1.48. The van der Waals surface area contributed by atoms with Gasteiger partial charge >= 0.3 is 0 Å². The Balaban J connectivity index is 3.72. The van der Waals surface area contributed by atoms with Crippen LogP contribution in [0.25, 0.3) is 0 Å². The van der Waals surface area contributed by atoms with Crippen LogP contribution in [0.3, 0.4) is 0 Å². The van der Waals surface area contributed by atoms with Crippen LogP contribution < -0.4 is 0 Å². The minimum atomic E-state index is -2.50. The van der Waals surface area contributed by atoms with E-state index in [0.717, 1.165) is 0 Å². The van der Waals surface area contributed by atoms with Crippen LogP contribution in [-0.2, 0) is 0 Å². The molecule has 0 unspecified atom stereocenters. The average molecular weight is 59.1 g/mol. The minimum absolute atomic E-state index is 1.48. The van der Waals surface area contributed by atoms with Gasteiger partial charge in [-0.25, -0.2) is 0 Å². The third-order valence-corrected chi connectivity index (χ3v) is 0.0559. The van der Waals surface area contributed by atoms with Crippen molar-refractivity contribution in [1.29, 1.82) is 0 Å². The molecule has 0 bridgehead atoms. The molecule has 0 fully saturated rings. The minimum Gasteiger partial charge on any atom is -0.384 e. The first-order chi connectivity index (χ1) is 3.06. The summed E-state index contributed by atoms with van der Waals surface area (Å²) in [5, 5.41) is 8.06. The molecule has 0 radical (unpaired) electrons. The fourth-order valence-electron chi connectivity index (χ4n) is 0. The predicted molar refractivity (Wildman–Crippen MR) is 15.9 cm³/mol. The lowest BCUT2D eigenvalue weighted by Gasteiger charge is -1.55. The lowest BCUT2D eigenvalue weighted by molar-refractivity contribution is 0.351. The van der Waals surface area contributed by atoms with Crippen molar-refractivity contribution in [1.82, 2.24) is 0 Å². The topological polar surface area (TPSA) is 20.2 Å². The summed E-state index contributed by atoms with van der Waals surface area (Å²) in [6.45, 7) is -2.50. The molecule has 0 aromatic rings. The predicted octanol–water partition coefficient (Wildman–Crippen LogP) is -0.388. The van der Waals surface area contributed by atoms with Gasteiger partial charge in [-0.1, -0.05) is 5.92 Å². The Hall–Kier alpha value is -0.480. The highest BCUT2D eigenvalue weighted by molar-refractivity contribution is 4.81. The Kier molecular flexibility index (Phi) is 0.462. The Bertz CT molecular complexity index is 104. The van der Waals surface area contributed by atoms with Gasteiger partial charge in [0.05, 0.1) is 2.74 Å². The Morgan fingerprint density at radius 2 is 3.50 bits per heavy atom. The van der Waals surface area contributed by atoms with E-state index >= 15 is 0 Å². The maximum atomic E-state index is 8.06. The largest absolute Gasteiger partial charge is 0.384 e. The Labute approximate surface area is 29.5 Å². The number of aliphatic hydroxyl groups is 1. The van der Waals surface area contributed by atoms with Crippen LogP contribution in [0, 0.1) is 12.3 Å². The van der Waals surface area contributed by atoms with E-state index < -0.39 is 6.56 Å². The summed E-state index contributed by atoms with van der Waals surface area (Å²) in [5.74, 6) is 1.59. The van der Waals surface area contributed by atoms with Gasteiger partial charge in [0.25, 0.3) is 0 Å². The van der Waals surface area contributed by atoms with Crippen LogP contribution in [-0.4, -0.2) is 11.7 Å². The summed E-state index contributed by atoms with van der Waals surface area (Å²) < 4.78 is 18.6. The quantitative estimate of drug-likeness (QED) is 0.377. The highest BCUT2D eigenvalue weighted by atomic mass is 16.2. The maximum absolute atomic E-state index is 8.06. The molecule has 0 rings (SSSR count). The standard InChI is InChI=1S/C3H4O/c1-2-3-4/h1,4H,3H2/i1D,3D2. The third-order valence-electron chi connectivity index (χ3n) is 0.0559. The van der Waals surface area contributed by atoms with E-state index in [4.69, 9.17) is 9.22 Å². The smallest absolute Gasteiger partial charge is 0.124 e. The van der Waals surface area contributed by atoms with E-state index in [2.05, 4.69) is 0 Å². The summed E-state index contributed by atoms with van der Waals surface area (Å²) >= 11 is 0. The molecule has 0 saturated heterocycles. The lowest BCUT2D eigenvalue weighted by Crippen LogP contribution is -1.64. The average Bonchev–Trinajstić information content (AvgIpc) is 1.30. The van der Waals surface area contributed by atoms with Crippen LogP contribution in [0.4, 0.5) is 0 Å². The molecule has 0 saturated carbocycles. The van der Waals surface area contributed by atoms with Crippen LogP contribution in [0.15, 0.2) is 0 Å². The zero-order valence-corrected chi connectivity index (χ0v) is 1.95. The molecule has 0 aliphatic rings. The molecular formula is C3H4O. The van der Waals surface area contributed by atoms with Gasteiger partial charge in [-0.15, -0.1) is 6.40 Å². The van der Waals surface area contributed by atoms with E-state index in [1.807, 2.05) is 0 Å². The number of rotatable bonds is 0. The molecule has 0 amide bonds. The van der Waals surface area contributed by atoms with E-state index in [1.165, 1.54) is 6.40 Å². The van der Waals surface area contributed by atoms with Gasteiger partial charge in [-0.2, -0.15) is 0 Å². The fourth-order valence-corrected chi connectivity index (χ4v) is 0. The zero-order valence-electron chi connectivity index (χ0n) is 4.95. The van der Waals surface area contributed by atoms with Crippen molar-refractivity contribution in [3.8, 4) is 12.3 Å². The van der Waals surface area contributed by atoms with Crippen molar-refractivity contribution in [2.75, 3.05) is 6.56 Å². The highest BCUT2D eigenvalue weighted by Gasteiger charge is 1.43. The normalized spacial score (nSPS) is 17.8. The monoisotopic (exact) mass is 59.0 g/mol. The second-order valence-corrected chi connectivity index (χ2v) is 0.237. The Morgan fingerprint density at radius 3 is 3.50 bits per heavy atom. The van der Waals surface area contributed by atoms with Gasteiger partial charge in [0, 0.05) is 0 Å². The van der Waals surface area contributed by atoms with Crippen molar-refractivity contribution >= 4 is 0 Å². The summed E-state index contributed by atoms with van der Waals surface area (Å²) in [5.41, 5.74) is 0. The van der Waals surface area contributed by atoms with Gasteiger partial charge < -0.3 is 5.11 Å². The van der Waals surface area contributed by atoms with E-state index in [-0.39, 0.29) is 0 Å². The highest BCUT2D eigenvalue weighted by Crippen LogP contribution is 1.34. The third kappa shape index (κ3) is 1.52. The van der Waals surface area contributed by atoms with Crippen molar-refractivity contribution < 1.29 is 9.22 Å². The van der Waals surface area contributed by atoms with Gasteiger partial charge in [0.2, 0.25) is 0 Å². The molecule has 0 spiro atoms. The van der Waals surface area contributed by atoms with Crippen LogP contribution >= 0.6 is 0 Å². The van der Waals surface area contributed by atoms with Crippen molar-refractivity contribution in [2.45, 2.75) is 0 Å². The molecule has 4 heavy (non-hydrogen) atoms. The van der Waals surface area contributed by atoms with Crippen LogP contribution in [0.5, 0.6) is 0 Å². The first kappa shape index (κ1) is 0.734. The zero-order chi connectivity index (χ0) is 5.91. The second-order valence-electron chi connectivity index (χ2n) is 0.237. The molecule has 0 heterocycles. The Morgan fingerprint density at radius 1 is 2.75 bits per heavy atom. The van der Waals surface area contributed by atoms with Gasteiger partial charge in [0.15, 0.2) is 0 Å². The molecule has 0 aromatic carbocycles.